The lowest BCUT2D eigenvalue weighted by Crippen LogP contribution is -2.55. The second-order valence-electron chi connectivity index (χ2n) is 3.57. The minimum Gasteiger partial charge on any atom is -0.390 e. The standard InChI is InChI=1S/C10H13N3O2/c11-10(15)9-3-4-13(9)8-2-1-7(6-14)12-5-8/h1-2,5,9,14H,3-4,6H2,(H2,11,15). The van der Waals surface area contributed by atoms with Crippen LogP contribution in [0.5, 0.6) is 0 Å². The highest BCUT2D eigenvalue weighted by Crippen LogP contribution is 2.25. The van der Waals surface area contributed by atoms with Gasteiger partial charge in [0.05, 0.1) is 24.2 Å². The van der Waals surface area contributed by atoms with Crippen LogP contribution in [0.2, 0.25) is 0 Å². The minimum absolute atomic E-state index is 0.0699. The molecule has 5 heteroatoms. The van der Waals surface area contributed by atoms with Gasteiger partial charge < -0.3 is 15.7 Å². The Balaban J connectivity index is 2.13. The van der Waals surface area contributed by atoms with Crippen LogP contribution in [0.1, 0.15) is 12.1 Å². The van der Waals surface area contributed by atoms with Crippen molar-refractivity contribution in [2.75, 3.05) is 11.4 Å². The summed E-state index contributed by atoms with van der Waals surface area (Å²) in [6, 6.07) is 3.38. The molecule has 2 heterocycles. The van der Waals surface area contributed by atoms with Crippen molar-refractivity contribution in [3.05, 3.63) is 24.0 Å². The van der Waals surface area contributed by atoms with E-state index in [2.05, 4.69) is 4.98 Å². The number of aromatic nitrogens is 1. The summed E-state index contributed by atoms with van der Waals surface area (Å²) in [6.07, 6.45) is 2.46. The molecule has 0 spiro atoms. The fourth-order valence-electron chi connectivity index (χ4n) is 1.67. The van der Waals surface area contributed by atoms with Gasteiger partial charge in [-0.3, -0.25) is 9.78 Å². The summed E-state index contributed by atoms with van der Waals surface area (Å²) in [4.78, 5) is 17.0. The van der Waals surface area contributed by atoms with Gasteiger partial charge in [-0.25, -0.2) is 0 Å². The maximum atomic E-state index is 11.0. The second kappa shape index (κ2) is 3.86. The molecule has 3 N–H and O–H groups in total. The number of pyridine rings is 1. The van der Waals surface area contributed by atoms with E-state index < -0.39 is 0 Å². The highest BCUT2D eigenvalue weighted by Gasteiger charge is 2.32. The van der Waals surface area contributed by atoms with Gasteiger partial charge in [0.2, 0.25) is 5.91 Å². The first-order valence-electron chi connectivity index (χ1n) is 4.84. The first-order chi connectivity index (χ1) is 7.22. The first-order valence-corrected chi connectivity index (χ1v) is 4.84. The molecule has 1 fully saturated rings. The predicted octanol–water partition coefficient (Wildman–Crippen LogP) is -0.362. The van der Waals surface area contributed by atoms with E-state index in [-0.39, 0.29) is 18.6 Å². The number of rotatable bonds is 3. The quantitative estimate of drug-likeness (QED) is 0.709. The maximum absolute atomic E-state index is 11.0. The Morgan fingerprint density at radius 1 is 1.67 bits per heavy atom. The number of hydrogen-bond donors (Lipinski definition) is 2. The van der Waals surface area contributed by atoms with Gasteiger partial charge in [-0.1, -0.05) is 0 Å². The molecule has 1 aliphatic rings. The van der Waals surface area contributed by atoms with Crippen molar-refractivity contribution in [2.45, 2.75) is 19.1 Å². The zero-order valence-electron chi connectivity index (χ0n) is 8.26. The van der Waals surface area contributed by atoms with Crippen LogP contribution in [0.3, 0.4) is 0 Å². The monoisotopic (exact) mass is 207 g/mol. The molecule has 0 aromatic carbocycles. The van der Waals surface area contributed by atoms with E-state index in [1.54, 1.807) is 12.3 Å². The number of carbonyl (C=O) groups excluding carboxylic acids is 1. The third-order valence-electron chi connectivity index (χ3n) is 2.65. The van der Waals surface area contributed by atoms with Gasteiger partial charge in [0.15, 0.2) is 0 Å². The van der Waals surface area contributed by atoms with E-state index in [0.717, 1.165) is 18.7 Å². The number of carbonyl (C=O) groups is 1. The Morgan fingerprint density at radius 3 is 2.87 bits per heavy atom. The van der Waals surface area contributed by atoms with Crippen LogP contribution in [0.4, 0.5) is 5.69 Å². The fourth-order valence-corrected chi connectivity index (χ4v) is 1.67. The topological polar surface area (TPSA) is 79.5 Å². The van der Waals surface area contributed by atoms with E-state index in [1.165, 1.54) is 0 Å². The van der Waals surface area contributed by atoms with Gasteiger partial charge >= 0.3 is 0 Å². The molecule has 0 radical (unpaired) electrons. The summed E-state index contributed by atoms with van der Waals surface area (Å²) in [7, 11) is 0. The summed E-state index contributed by atoms with van der Waals surface area (Å²) in [5.41, 5.74) is 6.74. The van der Waals surface area contributed by atoms with Crippen molar-refractivity contribution in [3.63, 3.8) is 0 Å². The number of nitrogens with zero attached hydrogens (tertiary/aromatic N) is 2. The molecule has 5 nitrogen and oxygen atoms in total. The first kappa shape index (κ1) is 9.92. The van der Waals surface area contributed by atoms with Crippen LogP contribution < -0.4 is 10.6 Å². The number of aliphatic hydroxyl groups is 1. The average Bonchev–Trinajstić information content (AvgIpc) is 2.16. The minimum atomic E-state index is -0.299. The third-order valence-corrected chi connectivity index (χ3v) is 2.65. The summed E-state index contributed by atoms with van der Waals surface area (Å²) in [5, 5.41) is 8.83. The summed E-state index contributed by atoms with van der Waals surface area (Å²) < 4.78 is 0. The number of aliphatic hydroxyl groups excluding tert-OH is 1. The van der Waals surface area contributed by atoms with Crippen LogP contribution in [-0.4, -0.2) is 28.6 Å². The zero-order chi connectivity index (χ0) is 10.8. The zero-order valence-corrected chi connectivity index (χ0v) is 8.26. The number of primary amides is 1. The van der Waals surface area contributed by atoms with E-state index >= 15 is 0 Å². The SMILES string of the molecule is NC(=O)C1CCN1c1ccc(CO)nc1. The summed E-state index contributed by atoms with van der Waals surface area (Å²) >= 11 is 0. The van der Waals surface area contributed by atoms with Crippen LogP contribution in [0, 0.1) is 0 Å². The molecule has 1 saturated heterocycles. The van der Waals surface area contributed by atoms with Gasteiger partial charge in [-0.05, 0) is 18.6 Å². The largest absolute Gasteiger partial charge is 0.390 e. The lowest BCUT2D eigenvalue weighted by atomic mass is 10.0. The molecule has 1 aromatic rings. The van der Waals surface area contributed by atoms with Crippen molar-refractivity contribution < 1.29 is 9.90 Å². The Morgan fingerprint density at radius 2 is 2.47 bits per heavy atom. The van der Waals surface area contributed by atoms with Crippen molar-refractivity contribution in [1.29, 1.82) is 0 Å². The fraction of sp³-hybridized carbons (Fsp3) is 0.400. The van der Waals surface area contributed by atoms with E-state index in [9.17, 15) is 4.79 Å². The summed E-state index contributed by atoms with van der Waals surface area (Å²) in [5.74, 6) is -0.299. The summed E-state index contributed by atoms with van der Waals surface area (Å²) in [6.45, 7) is 0.757. The average molecular weight is 207 g/mol. The van der Waals surface area contributed by atoms with E-state index in [0.29, 0.717) is 5.69 Å². The van der Waals surface area contributed by atoms with Crippen molar-refractivity contribution >= 4 is 11.6 Å². The lowest BCUT2D eigenvalue weighted by Gasteiger charge is -2.40. The molecule has 1 atom stereocenters. The number of nitrogens with two attached hydrogens (primary N) is 1. The molecule has 1 aromatic heterocycles. The molecule has 15 heavy (non-hydrogen) atoms. The number of anilines is 1. The van der Waals surface area contributed by atoms with Crippen LogP contribution >= 0.6 is 0 Å². The molecule has 80 valence electrons. The number of amides is 1. The molecule has 0 saturated carbocycles. The van der Waals surface area contributed by atoms with Gasteiger partial charge in [0.25, 0.3) is 0 Å². The molecular weight excluding hydrogens is 194 g/mol. The molecule has 0 aliphatic carbocycles. The van der Waals surface area contributed by atoms with Crippen molar-refractivity contribution in [1.82, 2.24) is 4.98 Å². The molecule has 1 unspecified atom stereocenters. The van der Waals surface area contributed by atoms with Crippen LogP contribution in [0.25, 0.3) is 0 Å². The molecule has 1 amide bonds. The molecule has 2 rings (SSSR count). The normalized spacial score (nSPS) is 19.8. The lowest BCUT2D eigenvalue weighted by molar-refractivity contribution is -0.120. The van der Waals surface area contributed by atoms with Crippen LogP contribution in [-0.2, 0) is 11.4 Å². The van der Waals surface area contributed by atoms with E-state index in [4.69, 9.17) is 10.8 Å². The second-order valence-corrected chi connectivity index (χ2v) is 3.57. The maximum Gasteiger partial charge on any atom is 0.240 e. The Hall–Kier alpha value is -1.62. The smallest absolute Gasteiger partial charge is 0.240 e. The van der Waals surface area contributed by atoms with Gasteiger partial charge in [0.1, 0.15) is 6.04 Å². The predicted molar refractivity (Wildman–Crippen MR) is 55.1 cm³/mol. The third kappa shape index (κ3) is 1.78. The molecule has 0 bridgehead atoms. The Kier molecular flexibility index (Phi) is 2.55. The molecular formula is C10H13N3O2. The number of hydrogen-bond acceptors (Lipinski definition) is 4. The van der Waals surface area contributed by atoms with Crippen molar-refractivity contribution in [3.8, 4) is 0 Å². The van der Waals surface area contributed by atoms with Crippen LogP contribution in [0.15, 0.2) is 18.3 Å². The van der Waals surface area contributed by atoms with Gasteiger partial charge in [-0.15, -0.1) is 0 Å². The Labute approximate surface area is 87.5 Å². The highest BCUT2D eigenvalue weighted by molar-refractivity contribution is 5.85. The highest BCUT2D eigenvalue weighted by atomic mass is 16.3. The van der Waals surface area contributed by atoms with Gasteiger partial charge in [-0.2, -0.15) is 0 Å². The van der Waals surface area contributed by atoms with Crippen molar-refractivity contribution in [2.24, 2.45) is 5.73 Å². The van der Waals surface area contributed by atoms with E-state index in [1.807, 2.05) is 11.0 Å². The van der Waals surface area contributed by atoms with Gasteiger partial charge in [0, 0.05) is 6.54 Å². The Bertz CT molecular complexity index is 363. The molecule has 1 aliphatic heterocycles.